The van der Waals surface area contributed by atoms with Crippen molar-refractivity contribution in [2.45, 2.75) is 23.8 Å². The second-order valence-electron chi connectivity index (χ2n) is 8.05. The number of rotatable bonds is 7. The molecule has 1 aliphatic heterocycles. The van der Waals surface area contributed by atoms with E-state index in [1.165, 1.54) is 28.6 Å². The lowest BCUT2D eigenvalue weighted by molar-refractivity contribution is -0.148. The number of hydrogen-bond acceptors (Lipinski definition) is 5. The standard InChI is InChI=1S/C25H21Cl3N2O5S/c26-19-12-21(28)22(13-20(19)27)29-24(31)15-35-25(32)14-23-18-9-5-4-6-16(18)10-11-30(23)36(33,34)17-7-2-1-3-8-17/h1-9,12-13,23H,10-11,14-15H2,(H,29,31). The van der Waals surface area contributed by atoms with Crippen LogP contribution in [0.25, 0.3) is 0 Å². The smallest absolute Gasteiger partial charge is 0.308 e. The van der Waals surface area contributed by atoms with Gasteiger partial charge in [-0.25, -0.2) is 8.42 Å². The summed E-state index contributed by atoms with van der Waals surface area (Å²) >= 11 is 17.9. The maximum absolute atomic E-state index is 13.4. The highest BCUT2D eigenvalue weighted by molar-refractivity contribution is 7.89. The summed E-state index contributed by atoms with van der Waals surface area (Å²) in [7, 11) is -3.88. The van der Waals surface area contributed by atoms with Crippen molar-refractivity contribution in [3.8, 4) is 0 Å². The van der Waals surface area contributed by atoms with Crippen LogP contribution in [0.5, 0.6) is 0 Å². The summed E-state index contributed by atoms with van der Waals surface area (Å²) < 4.78 is 33.3. The van der Waals surface area contributed by atoms with E-state index >= 15 is 0 Å². The van der Waals surface area contributed by atoms with Gasteiger partial charge in [0.05, 0.1) is 38.1 Å². The van der Waals surface area contributed by atoms with Gasteiger partial charge in [-0.2, -0.15) is 4.31 Å². The van der Waals surface area contributed by atoms with Crippen LogP contribution in [-0.4, -0.2) is 37.8 Å². The van der Waals surface area contributed by atoms with Crippen molar-refractivity contribution >= 4 is 62.4 Å². The highest BCUT2D eigenvalue weighted by Crippen LogP contribution is 2.36. The SMILES string of the molecule is O=C(COC(=O)CC1c2ccccc2CCN1S(=O)(=O)c1ccccc1)Nc1cc(Cl)c(Cl)cc1Cl. The molecule has 188 valence electrons. The summed E-state index contributed by atoms with van der Waals surface area (Å²) in [6, 6.07) is 17.4. The minimum Gasteiger partial charge on any atom is -0.456 e. The Bertz CT molecular complexity index is 1400. The molecule has 1 heterocycles. The van der Waals surface area contributed by atoms with Crippen molar-refractivity contribution < 1.29 is 22.7 Å². The number of esters is 1. The molecule has 1 unspecified atom stereocenters. The van der Waals surface area contributed by atoms with E-state index in [2.05, 4.69) is 5.32 Å². The lowest BCUT2D eigenvalue weighted by atomic mass is 9.92. The van der Waals surface area contributed by atoms with Gasteiger partial charge in [0.25, 0.3) is 5.91 Å². The molecule has 0 saturated heterocycles. The molecule has 3 aromatic carbocycles. The van der Waals surface area contributed by atoms with E-state index in [4.69, 9.17) is 39.5 Å². The molecule has 0 bridgehead atoms. The van der Waals surface area contributed by atoms with E-state index in [0.717, 1.165) is 11.1 Å². The molecule has 0 spiro atoms. The van der Waals surface area contributed by atoms with Crippen LogP contribution in [0.1, 0.15) is 23.6 Å². The van der Waals surface area contributed by atoms with Gasteiger partial charge in [-0.15, -0.1) is 0 Å². The highest BCUT2D eigenvalue weighted by Gasteiger charge is 2.37. The average molecular weight is 568 g/mol. The maximum Gasteiger partial charge on any atom is 0.308 e. The summed E-state index contributed by atoms with van der Waals surface area (Å²) in [5, 5.41) is 3.11. The summed E-state index contributed by atoms with van der Waals surface area (Å²) in [5.41, 5.74) is 1.91. The van der Waals surface area contributed by atoms with E-state index in [0.29, 0.717) is 6.42 Å². The number of nitrogens with one attached hydrogen (secondary N) is 1. The molecule has 0 saturated carbocycles. The monoisotopic (exact) mass is 566 g/mol. The summed E-state index contributed by atoms with van der Waals surface area (Å²) in [4.78, 5) is 25.2. The van der Waals surface area contributed by atoms with Crippen LogP contribution in [-0.2, 0) is 30.8 Å². The predicted octanol–water partition coefficient (Wildman–Crippen LogP) is 5.51. The van der Waals surface area contributed by atoms with Gasteiger partial charge in [-0.1, -0.05) is 77.3 Å². The van der Waals surface area contributed by atoms with Crippen molar-refractivity contribution in [3.05, 3.63) is 92.9 Å². The molecule has 0 radical (unpaired) electrons. The molecular formula is C25H21Cl3N2O5S. The van der Waals surface area contributed by atoms with Crippen LogP contribution >= 0.6 is 34.8 Å². The lowest BCUT2D eigenvalue weighted by Crippen LogP contribution is -2.41. The minimum atomic E-state index is -3.88. The zero-order chi connectivity index (χ0) is 25.9. The Hall–Kier alpha value is -2.62. The number of carbonyl (C=O) groups is 2. The topological polar surface area (TPSA) is 92.8 Å². The number of nitrogens with zero attached hydrogens (tertiary/aromatic N) is 1. The van der Waals surface area contributed by atoms with Gasteiger partial charge < -0.3 is 10.1 Å². The number of sulfonamides is 1. The van der Waals surface area contributed by atoms with Crippen LogP contribution in [0.15, 0.2) is 71.6 Å². The third-order valence-electron chi connectivity index (χ3n) is 5.72. The van der Waals surface area contributed by atoms with Gasteiger partial charge in [0.1, 0.15) is 0 Å². The maximum atomic E-state index is 13.4. The fourth-order valence-corrected chi connectivity index (χ4v) is 6.24. The van der Waals surface area contributed by atoms with Crippen LogP contribution in [0.4, 0.5) is 5.69 Å². The Morgan fingerprint density at radius 3 is 2.36 bits per heavy atom. The molecule has 7 nitrogen and oxygen atoms in total. The predicted molar refractivity (Wildman–Crippen MR) is 139 cm³/mol. The van der Waals surface area contributed by atoms with Crippen molar-refractivity contribution in [3.63, 3.8) is 0 Å². The molecule has 4 rings (SSSR count). The Labute approximate surface area is 224 Å². The second kappa shape index (κ2) is 11.2. The molecule has 0 aliphatic carbocycles. The fourth-order valence-electron chi connectivity index (χ4n) is 4.02. The quantitative estimate of drug-likeness (QED) is 0.300. The number of anilines is 1. The van der Waals surface area contributed by atoms with Crippen LogP contribution in [0.3, 0.4) is 0 Å². The van der Waals surface area contributed by atoms with Crippen molar-refractivity contribution in [1.82, 2.24) is 4.31 Å². The first-order chi connectivity index (χ1) is 17.2. The molecule has 1 amide bonds. The van der Waals surface area contributed by atoms with Gasteiger partial charge in [0, 0.05) is 6.54 Å². The van der Waals surface area contributed by atoms with E-state index in [-0.39, 0.29) is 38.6 Å². The van der Waals surface area contributed by atoms with Crippen LogP contribution in [0.2, 0.25) is 15.1 Å². The number of carbonyl (C=O) groups excluding carboxylic acids is 2. The van der Waals surface area contributed by atoms with Gasteiger partial charge in [-0.05, 0) is 41.8 Å². The van der Waals surface area contributed by atoms with E-state index in [1.807, 2.05) is 12.1 Å². The minimum absolute atomic E-state index is 0.139. The molecule has 11 heteroatoms. The summed E-state index contributed by atoms with van der Waals surface area (Å²) in [6.07, 6.45) is 0.254. The molecular weight excluding hydrogens is 547 g/mol. The molecule has 3 aromatic rings. The first kappa shape index (κ1) is 26.4. The molecule has 1 aliphatic rings. The van der Waals surface area contributed by atoms with Crippen molar-refractivity contribution in [2.75, 3.05) is 18.5 Å². The average Bonchev–Trinajstić information content (AvgIpc) is 2.86. The summed E-state index contributed by atoms with van der Waals surface area (Å²) in [6.45, 7) is -0.377. The highest BCUT2D eigenvalue weighted by atomic mass is 35.5. The molecule has 0 aromatic heterocycles. The number of fused-ring (bicyclic) bond motifs is 1. The second-order valence-corrected chi connectivity index (χ2v) is 11.2. The number of benzene rings is 3. The van der Waals surface area contributed by atoms with Crippen LogP contribution < -0.4 is 5.32 Å². The number of halogens is 3. The number of amides is 1. The van der Waals surface area contributed by atoms with Gasteiger partial charge in [0.15, 0.2) is 6.61 Å². The molecule has 36 heavy (non-hydrogen) atoms. The first-order valence-corrected chi connectivity index (χ1v) is 13.5. The largest absolute Gasteiger partial charge is 0.456 e. The zero-order valence-electron chi connectivity index (χ0n) is 18.8. The molecule has 0 fully saturated rings. The first-order valence-electron chi connectivity index (χ1n) is 10.9. The van der Waals surface area contributed by atoms with Crippen molar-refractivity contribution in [2.24, 2.45) is 0 Å². The Morgan fingerprint density at radius 1 is 0.944 bits per heavy atom. The number of hydrogen-bond donors (Lipinski definition) is 1. The van der Waals surface area contributed by atoms with Gasteiger partial charge >= 0.3 is 5.97 Å². The Balaban J connectivity index is 1.48. The van der Waals surface area contributed by atoms with Gasteiger partial charge in [0.2, 0.25) is 10.0 Å². The Kier molecular flexibility index (Phi) is 8.22. The molecule has 1 atom stereocenters. The van der Waals surface area contributed by atoms with E-state index in [9.17, 15) is 18.0 Å². The van der Waals surface area contributed by atoms with E-state index < -0.39 is 34.5 Å². The fraction of sp³-hybridized carbons (Fsp3) is 0.200. The Morgan fingerprint density at radius 2 is 1.61 bits per heavy atom. The normalized spacial score (nSPS) is 15.7. The summed E-state index contributed by atoms with van der Waals surface area (Å²) in [5.74, 6) is -1.36. The lowest BCUT2D eigenvalue weighted by Gasteiger charge is -2.36. The number of ether oxygens (including phenoxy) is 1. The van der Waals surface area contributed by atoms with Gasteiger partial charge in [-0.3, -0.25) is 9.59 Å². The van der Waals surface area contributed by atoms with Crippen molar-refractivity contribution in [1.29, 1.82) is 0 Å². The van der Waals surface area contributed by atoms with E-state index in [1.54, 1.807) is 30.3 Å². The zero-order valence-corrected chi connectivity index (χ0v) is 21.9. The molecule has 1 N–H and O–H groups in total. The van der Waals surface area contributed by atoms with Crippen LogP contribution in [0, 0.1) is 0 Å². The third kappa shape index (κ3) is 5.85. The third-order valence-corrected chi connectivity index (χ3v) is 8.68.